The summed E-state index contributed by atoms with van der Waals surface area (Å²) in [5.74, 6) is 1.09. The number of rotatable bonds is 6. The molecule has 4 aromatic rings. The Morgan fingerprint density at radius 2 is 1.83 bits per heavy atom. The molecular weight excluding hydrogens is 454 g/mol. The van der Waals surface area contributed by atoms with Crippen molar-refractivity contribution in [1.82, 2.24) is 29.7 Å². The van der Waals surface area contributed by atoms with Gasteiger partial charge in [-0.05, 0) is 68.1 Å². The summed E-state index contributed by atoms with van der Waals surface area (Å²) in [6, 6.07) is 12.0. The number of likely N-dealkylation sites (N-methyl/N-ethyl adjacent to an activating group) is 1. The summed E-state index contributed by atoms with van der Waals surface area (Å²) in [4.78, 5) is 44.5. The minimum atomic E-state index is -0.203. The molecule has 0 aliphatic carbocycles. The van der Waals surface area contributed by atoms with Crippen LogP contribution in [0.3, 0.4) is 0 Å². The van der Waals surface area contributed by atoms with Crippen molar-refractivity contribution in [3.05, 3.63) is 77.2 Å². The lowest BCUT2D eigenvalue weighted by atomic mass is 9.89. The Kier molecular flexibility index (Phi) is 6.73. The van der Waals surface area contributed by atoms with Gasteiger partial charge in [0.15, 0.2) is 0 Å². The Morgan fingerprint density at radius 3 is 2.53 bits per heavy atom. The molecule has 0 bridgehead atoms. The fourth-order valence-corrected chi connectivity index (χ4v) is 4.69. The van der Waals surface area contributed by atoms with E-state index in [2.05, 4.69) is 32.4 Å². The number of nitrogens with zero attached hydrogens (tertiary/aromatic N) is 5. The fourth-order valence-electron chi connectivity index (χ4n) is 4.69. The largest absolute Gasteiger partial charge is 0.342 e. The highest BCUT2D eigenvalue weighted by Crippen LogP contribution is 2.31. The number of amides is 1. The molecule has 2 N–H and O–H groups in total. The molecule has 9 nitrogen and oxygen atoms in total. The first kappa shape index (κ1) is 23.6. The number of aromatic nitrogens is 4. The number of likely N-dealkylation sites (tertiary alicyclic amines) is 1. The number of nitrogens with one attached hydrogen (secondary N) is 2. The molecule has 1 aromatic carbocycles. The molecule has 0 spiro atoms. The molecule has 1 saturated heterocycles. The van der Waals surface area contributed by atoms with Crippen LogP contribution in [-0.2, 0) is 4.79 Å². The minimum absolute atomic E-state index is 0.192. The van der Waals surface area contributed by atoms with Crippen molar-refractivity contribution in [3.8, 4) is 11.3 Å². The monoisotopic (exact) mass is 483 g/mol. The Morgan fingerprint density at radius 1 is 1.11 bits per heavy atom. The molecule has 0 unspecified atom stereocenters. The van der Waals surface area contributed by atoms with E-state index >= 15 is 0 Å². The van der Waals surface area contributed by atoms with E-state index in [1.165, 1.54) is 11.9 Å². The number of hydrogen-bond acceptors (Lipinski definition) is 7. The second-order valence-corrected chi connectivity index (χ2v) is 9.39. The predicted octanol–water partition coefficient (Wildman–Crippen LogP) is 3.39. The normalized spacial score (nSPS) is 14.4. The van der Waals surface area contributed by atoms with Crippen LogP contribution in [-0.4, -0.2) is 69.4 Å². The predicted molar refractivity (Wildman–Crippen MR) is 140 cm³/mol. The van der Waals surface area contributed by atoms with Crippen LogP contribution in [0.2, 0.25) is 0 Å². The molecule has 1 aliphatic rings. The number of carbonyl (C=O) groups is 1. The Labute approximate surface area is 209 Å². The Balaban J connectivity index is 1.35. The molecule has 0 atom stereocenters. The number of anilines is 2. The zero-order chi connectivity index (χ0) is 25.1. The zero-order valence-electron chi connectivity index (χ0n) is 20.4. The third kappa shape index (κ3) is 5.11. The van der Waals surface area contributed by atoms with E-state index in [-0.39, 0.29) is 11.5 Å². The molecule has 3 aromatic heterocycles. The van der Waals surface area contributed by atoms with Crippen LogP contribution < -0.4 is 10.9 Å². The van der Waals surface area contributed by atoms with Crippen molar-refractivity contribution < 1.29 is 4.79 Å². The van der Waals surface area contributed by atoms with Gasteiger partial charge in [0.25, 0.3) is 5.56 Å². The lowest BCUT2D eigenvalue weighted by Crippen LogP contribution is -2.42. The number of H-pyrrole nitrogens is 1. The van der Waals surface area contributed by atoms with Crippen molar-refractivity contribution in [2.75, 3.05) is 39.0 Å². The van der Waals surface area contributed by atoms with E-state index in [1.807, 2.05) is 48.2 Å². The van der Waals surface area contributed by atoms with Gasteiger partial charge in [-0.3, -0.25) is 9.59 Å². The highest BCUT2D eigenvalue weighted by Gasteiger charge is 2.24. The molecule has 1 aliphatic heterocycles. The molecule has 184 valence electrons. The van der Waals surface area contributed by atoms with Gasteiger partial charge in [-0.2, -0.15) is 0 Å². The summed E-state index contributed by atoms with van der Waals surface area (Å²) < 4.78 is 0. The van der Waals surface area contributed by atoms with Gasteiger partial charge in [-0.1, -0.05) is 12.1 Å². The third-order valence-electron chi connectivity index (χ3n) is 6.55. The molecular formula is C27H29N7O2. The highest BCUT2D eigenvalue weighted by molar-refractivity contribution is 5.95. The maximum atomic E-state index is 12.6. The van der Waals surface area contributed by atoms with E-state index in [1.54, 1.807) is 18.6 Å². The van der Waals surface area contributed by atoms with Gasteiger partial charge in [0.05, 0.1) is 17.6 Å². The lowest BCUT2D eigenvalue weighted by molar-refractivity contribution is -0.132. The van der Waals surface area contributed by atoms with E-state index in [9.17, 15) is 9.59 Å². The van der Waals surface area contributed by atoms with Gasteiger partial charge >= 0.3 is 0 Å². The van der Waals surface area contributed by atoms with E-state index < -0.39 is 0 Å². The molecule has 4 heterocycles. The SMILES string of the molecule is CN(C)CC(=O)N1CCC(c2ccc(Nc3nc(-c4cncnc4)cc4cc[nH]c(=O)c34)cc2)CC1. The summed E-state index contributed by atoms with van der Waals surface area (Å²) >= 11 is 0. The summed E-state index contributed by atoms with van der Waals surface area (Å²) in [7, 11) is 3.84. The summed E-state index contributed by atoms with van der Waals surface area (Å²) in [6.45, 7) is 2.02. The van der Waals surface area contributed by atoms with Crippen molar-refractivity contribution >= 4 is 28.2 Å². The number of pyridine rings is 2. The average Bonchev–Trinajstić information content (AvgIpc) is 2.89. The van der Waals surface area contributed by atoms with Gasteiger partial charge in [0.1, 0.15) is 12.1 Å². The average molecular weight is 484 g/mol. The van der Waals surface area contributed by atoms with Crippen LogP contribution in [0.25, 0.3) is 22.0 Å². The number of carbonyl (C=O) groups excluding carboxylic acids is 1. The van der Waals surface area contributed by atoms with Gasteiger partial charge in [0, 0.05) is 42.9 Å². The number of hydrogen-bond donors (Lipinski definition) is 2. The second-order valence-electron chi connectivity index (χ2n) is 9.39. The molecule has 0 saturated carbocycles. The number of fused-ring (bicyclic) bond motifs is 1. The van der Waals surface area contributed by atoms with Crippen LogP contribution in [0, 0.1) is 0 Å². The van der Waals surface area contributed by atoms with Crippen LogP contribution >= 0.6 is 0 Å². The van der Waals surface area contributed by atoms with Crippen LogP contribution in [0.15, 0.2) is 66.1 Å². The van der Waals surface area contributed by atoms with E-state index in [0.29, 0.717) is 29.4 Å². The molecule has 9 heteroatoms. The maximum absolute atomic E-state index is 12.6. The number of benzene rings is 1. The van der Waals surface area contributed by atoms with E-state index in [0.717, 1.165) is 42.6 Å². The molecule has 0 radical (unpaired) electrons. The smallest absolute Gasteiger partial charge is 0.259 e. The quantitative estimate of drug-likeness (QED) is 0.433. The Hall–Kier alpha value is -4.11. The molecule has 1 fully saturated rings. The fraction of sp³-hybridized carbons (Fsp3) is 0.296. The first-order valence-electron chi connectivity index (χ1n) is 12.1. The van der Waals surface area contributed by atoms with Crippen molar-refractivity contribution in [1.29, 1.82) is 0 Å². The second kappa shape index (κ2) is 10.2. The summed E-state index contributed by atoms with van der Waals surface area (Å²) in [6.07, 6.45) is 8.41. The van der Waals surface area contributed by atoms with Crippen molar-refractivity contribution in [2.24, 2.45) is 0 Å². The third-order valence-corrected chi connectivity index (χ3v) is 6.55. The van der Waals surface area contributed by atoms with Crippen molar-refractivity contribution in [3.63, 3.8) is 0 Å². The van der Waals surface area contributed by atoms with Crippen LogP contribution in [0.1, 0.15) is 24.3 Å². The maximum Gasteiger partial charge on any atom is 0.259 e. The number of aromatic amines is 1. The molecule has 36 heavy (non-hydrogen) atoms. The van der Waals surface area contributed by atoms with Gasteiger partial charge < -0.3 is 20.1 Å². The first-order valence-corrected chi connectivity index (χ1v) is 12.1. The number of piperidine rings is 1. The standard InChI is InChI=1S/C27H29N7O2/c1-33(2)16-24(35)34-11-8-19(9-12-34)18-3-5-22(6-4-18)31-26-25-20(7-10-30-27(25)36)13-23(32-26)21-14-28-17-29-15-21/h3-7,10,13-15,17,19H,8-9,11-12,16H2,1-2H3,(H,30,36)(H,31,32). The lowest BCUT2D eigenvalue weighted by Gasteiger charge is -2.33. The minimum Gasteiger partial charge on any atom is -0.342 e. The zero-order valence-corrected chi connectivity index (χ0v) is 20.4. The van der Waals surface area contributed by atoms with Gasteiger partial charge in [0.2, 0.25) is 5.91 Å². The van der Waals surface area contributed by atoms with Crippen LogP contribution in [0.4, 0.5) is 11.5 Å². The molecule has 5 rings (SSSR count). The topological polar surface area (TPSA) is 107 Å². The van der Waals surface area contributed by atoms with Crippen LogP contribution in [0.5, 0.6) is 0 Å². The highest BCUT2D eigenvalue weighted by atomic mass is 16.2. The summed E-state index contributed by atoms with van der Waals surface area (Å²) in [5.41, 5.74) is 3.35. The van der Waals surface area contributed by atoms with Crippen molar-refractivity contribution in [2.45, 2.75) is 18.8 Å². The van der Waals surface area contributed by atoms with Gasteiger partial charge in [-0.25, -0.2) is 15.0 Å². The van der Waals surface area contributed by atoms with Gasteiger partial charge in [-0.15, -0.1) is 0 Å². The summed E-state index contributed by atoms with van der Waals surface area (Å²) in [5, 5.41) is 4.62. The first-order chi connectivity index (χ1) is 17.5. The van der Waals surface area contributed by atoms with E-state index in [4.69, 9.17) is 4.98 Å². The molecule has 1 amide bonds. The Bertz CT molecular complexity index is 1410.